The van der Waals surface area contributed by atoms with Crippen molar-refractivity contribution in [3.8, 4) is 0 Å². The molecule has 2 unspecified atom stereocenters. The second-order valence-electron chi connectivity index (χ2n) is 5.19. The fraction of sp³-hybridized carbons (Fsp3) is 1.00. The fourth-order valence-corrected chi connectivity index (χ4v) is 3.67. The first-order valence-corrected chi connectivity index (χ1v) is 11.9. The minimum atomic E-state index is -2.71. The Morgan fingerprint density at radius 2 is 1.05 bits per heavy atom. The molecule has 4 nitrogen and oxygen atoms in total. The van der Waals surface area contributed by atoms with Gasteiger partial charge in [0.15, 0.2) is 14.7 Å². The molecular formula is C14H35NaO4P2. The predicted molar refractivity (Wildman–Crippen MR) is 96.7 cm³/mol. The van der Waals surface area contributed by atoms with E-state index in [4.69, 9.17) is 4.89 Å². The summed E-state index contributed by atoms with van der Waals surface area (Å²) < 4.78 is 22.0. The van der Waals surface area contributed by atoms with Crippen LogP contribution in [0.25, 0.3) is 0 Å². The van der Waals surface area contributed by atoms with Crippen LogP contribution in [0.1, 0.15) is 66.2 Å². The minimum absolute atomic E-state index is 0. The zero-order chi connectivity index (χ0) is 16.1. The Labute approximate surface area is 153 Å². The Balaban J connectivity index is -0.000000300. The van der Waals surface area contributed by atoms with Gasteiger partial charge in [0, 0.05) is 24.6 Å². The van der Waals surface area contributed by atoms with Crippen LogP contribution in [-0.4, -0.2) is 64.0 Å². The molecule has 2 atom stereocenters. The van der Waals surface area contributed by atoms with E-state index in [9.17, 15) is 14.0 Å². The Hall–Kier alpha value is 1.38. The Morgan fingerprint density at radius 1 is 0.667 bits per heavy atom. The van der Waals surface area contributed by atoms with Gasteiger partial charge in [0.1, 0.15) is 0 Å². The standard InChI is InChI=1S/C8H19O2P.C6H15O2P.Na.H/c1-3-5-6-7-8-11(9,10)4-2;1-3-5-6-9(7,8)4-2;;/h3-8H2,1-2H3,(H,9,10);3-6H2,1-2H3,(H,7,8);;. The molecular weight excluding hydrogens is 317 g/mol. The third-order valence-electron chi connectivity index (χ3n) is 3.21. The molecule has 0 fully saturated rings. The molecule has 21 heavy (non-hydrogen) atoms. The molecule has 0 amide bonds. The molecule has 0 bridgehead atoms. The molecule has 0 aromatic carbocycles. The van der Waals surface area contributed by atoms with Crippen molar-refractivity contribution < 1.29 is 18.9 Å². The van der Waals surface area contributed by atoms with Crippen LogP contribution in [0.4, 0.5) is 0 Å². The van der Waals surface area contributed by atoms with E-state index < -0.39 is 14.7 Å². The summed E-state index contributed by atoms with van der Waals surface area (Å²) in [5, 5.41) is 0. The summed E-state index contributed by atoms with van der Waals surface area (Å²) in [4.78, 5) is 18.2. The molecule has 0 aromatic rings. The zero-order valence-corrected chi connectivity index (χ0v) is 15.5. The van der Waals surface area contributed by atoms with Crippen LogP contribution in [0, 0.1) is 0 Å². The Morgan fingerprint density at radius 3 is 1.38 bits per heavy atom. The van der Waals surface area contributed by atoms with Crippen LogP contribution in [0.2, 0.25) is 0 Å². The van der Waals surface area contributed by atoms with Crippen molar-refractivity contribution in [3.05, 3.63) is 0 Å². The molecule has 0 aliphatic heterocycles. The van der Waals surface area contributed by atoms with Gasteiger partial charge in [-0.05, 0) is 12.8 Å². The molecule has 0 saturated carbocycles. The van der Waals surface area contributed by atoms with E-state index in [2.05, 4.69) is 6.92 Å². The van der Waals surface area contributed by atoms with Gasteiger partial charge >= 0.3 is 29.6 Å². The van der Waals surface area contributed by atoms with E-state index in [1.165, 1.54) is 12.8 Å². The molecule has 0 aliphatic rings. The van der Waals surface area contributed by atoms with Gasteiger partial charge in [0.25, 0.3) is 0 Å². The van der Waals surface area contributed by atoms with Crippen LogP contribution in [0.5, 0.6) is 0 Å². The second-order valence-corrected chi connectivity index (χ2v) is 10.7. The molecule has 7 heteroatoms. The van der Waals surface area contributed by atoms with Gasteiger partial charge in [-0.25, -0.2) is 0 Å². The van der Waals surface area contributed by atoms with E-state index in [-0.39, 0.29) is 29.6 Å². The second kappa shape index (κ2) is 16.2. The zero-order valence-electron chi connectivity index (χ0n) is 13.7. The molecule has 0 radical (unpaired) electrons. The van der Waals surface area contributed by atoms with Crippen molar-refractivity contribution in [2.24, 2.45) is 0 Å². The average Bonchev–Trinajstić information content (AvgIpc) is 2.42. The van der Waals surface area contributed by atoms with Crippen molar-refractivity contribution in [1.82, 2.24) is 0 Å². The number of hydrogen-bond donors (Lipinski definition) is 2. The summed E-state index contributed by atoms with van der Waals surface area (Å²) in [6.07, 6.45) is 8.13. The van der Waals surface area contributed by atoms with E-state index in [0.717, 1.165) is 25.7 Å². The first-order chi connectivity index (χ1) is 9.24. The van der Waals surface area contributed by atoms with Gasteiger partial charge in [-0.15, -0.1) is 0 Å². The van der Waals surface area contributed by atoms with Crippen molar-refractivity contribution in [3.63, 3.8) is 0 Å². The van der Waals surface area contributed by atoms with Gasteiger partial charge in [0.2, 0.25) is 0 Å². The summed E-state index contributed by atoms with van der Waals surface area (Å²) in [6, 6.07) is 0. The van der Waals surface area contributed by atoms with Crippen LogP contribution in [-0.2, 0) is 9.13 Å². The van der Waals surface area contributed by atoms with Gasteiger partial charge in [0.05, 0.1) is 0 Å². The number of rotatable bonds is 10. The quantitative estimate of drug-likeness (QED) is 0.349. The summed E-state index contributed by atoms with van der Waals surface area (Å²) in [5.74, 6) is 0. The van der Waals surface area contributed by atoms with Crippen molar-refractivity contribution in [2.75, 3.05) is 24.6 Å². The van der Waals surface area contributed by atoms with E-state index in [1.54, 1.807) is 13.8 Å². The van der Waals surface area contributed by atoms with Crippen LogP contribution in [0.3, 0.4) is 0 Å². The first kappa shape index (κ1) is 27.2. The molecule has 126 valence electrons. The maximum atomic E-state index is 11.1. The van der Waals surface area contributed by atoms with Gasteiger partial charge in [-0.3, -0.25) is 9.13 Å². The topological polar surface area (TPSA) is 74.6 Å². The molecule has 0 saturated heterocycles. The van der Waals surface area contributed by atoms with E-state index >= 15 is 0 Å². The normalized spacial score (nSPS) is 15.9. The molecule has 0 rings (SSSR count). The molecule has 0 spiro atoms. The predicted octanol–water partition coefficient (Wildman–Crippen LogP) is 4.29. The van der Waals surface area contributed by atoms with E-state index in [0.29, 0.717) is 24.6 Å². The summed E-state index contributed by atoms with van der Waals surface area (Å²) in [5.41, 5.74) is 0. The molecule has 2 N–H and O–H groups in total. The van der Waals surface area contributed by atoms with Crippen molar-refractivity contribution >= 4 is 44.3 Å². The number of unbranched alkanes of at least 4 members (excludes halogenated alkanes) is 4. The number of hydrogen-bond acceptors (Lipinski definition) is 2. The third-order valence-corrected chi connectivity index (χ3v) is 7.22. The fourth-order valence-electron chi connectivity index (χ4n) is 1.51. The molecule has 0 aliphatic carbocycles. The van der Waals surface area contributed by atoms with Crippen LogP contribution < -0.4 is 0 Å². The van der Waals surface area contributed by atoms with Crippen molar-refractivity contribution in [2.45, 2.75) is 66.2 Å². The summed E-state index contributed by atoms with van der Waals surface area (Å²) in [6.45, 7) is 7.70. The van der Waals surface area contributed by atoms with Gasteiger partial charge in [-0.2, -0.15) is 0 Å². The van der Waals surface area contributed by atoms with E-state index in [1.807, 2.05) is 6.92 Å². The summed E-state index contributed by atoms with van der Waals surface area (Å²) >= 11 is 0. The average molecular weight is 352 g/mol. The monoisotopic (exact) mass is 352 g/mol. The molecule has 0 aromatic heterocycles. The Bertz CT molecular complexity index is 311. The van der Waals surface area contributed by atoms with Crippen LogP contribution in [0.15, 0.2) is 0 Å². The maximum absolute atomic E-state index is 11.1. The van der Waals surface area contributed by atoms with Gasteiger partial charge in [-0.1, -0.05) is 53.4 Å². The van der Waals surface area contributed by atoms with Gasteiger partial charge < -0.3 is 9.79 Å². The summed E-state index contributed by atoms with van der Waals surface area (Å²) in [7, 11) is -5.40. The van der Waals surface area contributed by atoms with Crippen molar-refractivity contribution in [1.29, 1.82) is 0 Å². The molecule has 0 heterocycles. The first-order valence-electron chi connectivity index (χ1n) is 7.86. The SMILES string of the molecule is CCCCCCP(=O)(O)CC.CCCCP(=O)(O)CC.[NaH]. The third kappa shape index (κ3) is 21.4. The van der Waals surface area contributed by atoms with Crippen LogP contribution >= 0.6 is 14.7 Å². The Kier molecular flexibility index (Phi) is 21.1.